The molecule has 0 amide bonds. The van der Waals surface area contributed by atoms with Crippen LogP contribution in [-0.4, -0.2) is 0 Å². The van der Waals surface area contributed by atoms with Gasteiger partial charge in [-0.1, -0.05) is 141 Å². The Morgan fingerprint density at radius 3 is 2.05 bits per heavy atom. The minimum absolute atomic E-state index is 0.119. The molecule has 0 radical (unpaired) electrons. The summed E-state index contributed by atoms with van der Waals surface area (Å²) in [4.78, 5) is 2.44. The van der Waals surface area contributed by atoms with Gasteiger partial charge in [0.15, 0.2) is 0 Å². The van der Waals surface area contributed by atoms with Gasteiger partial charge >= 0.3 is 0 Å². The van der Waals surface area contributed by atoms with Gasteiger partial charge in [-0.3, -0.25) is 0 Å². The van der Waals surface area contributed by atoms with Gasteiger partial charge in [0, 0.05) is 38.6 Å². The maximum absolute atomic E-state index is 6.43. The van der Waals surface area contributed by atoms with Crippen molar-refractivity contribution in [3.05, 3.63) is 204 Å². The van der Waals surface area contributed by atoms with E-state index in [2.05, 4.69) is 208 Å². The Morgan fingerprint density at radius 1 is 0.561 bits per heavy atom. The number of nitrogens with zero attached hydrogens (tertiary/aromatic N) is 1. The molecule has 0 saturated carbocycles. The first kappa shape index (κ1) is 33.4. The Hall–Kier alpha value is -6.90. The van der Waals surface area contributed by atoms with E-state index in [0.29, 0.717) is 0 Å². The molecule has 0 fully saturated rings. The summed E-state index contributed by atoms with van der Waals surface area (Å²) in [6.45, 7) is 6.85. The van der Waals surface area contributed by atoms with Gasteiger partial charge < -0.3 is 9.32 Å². The second-order valence-electron chi connectivity index (χ2n) is 16.0. The third-order valence-electron chi connectivity index (χ3n) is 12.4. The molecular weight excluding hydrogens is 691 g/mol. The zero-order valence-electron chi connectivity index (χ0n) is 32.4. The molecule has 0 saturated heterocycles. The Bertz CT molecular complexity index is 3240. The fourth-order valence-electron chi connectivity index (χ4n) is 9.64. The van der Waals surface area contributed by atoms with Gasteiger partial charge in [-0.15, -0.1) is 0 Å². The summed E-state index contributed by atoms with van der Waals surface area (Å²) in [5, 5.41) is 9.74. The highest BCUT2D eigenvalue weighted by molar-refractivity contribution is 6.34. The number of hydrogen-bond acceptors (Lipinski definition) is 2. The molecule has 8 aromatic carbocycles. The van der Waals surface area contributed by atoms with Crippen molar-refractivity contribution in [2.24, 2.45) is 0 Å². The molecule has 2 aliphatic rings. The van der Waals surface area contributed by atoms with Crippen molar-refractivity contribution in [3.63, 3.8) is 0 Å². The molecule has 0 N–H and O–H groups in total. The SMILES string of the molecule is C/C=C(\C=C1\C=CC=CC1)c1ccc(N(c2ccc3c(c2)C(C)(C)c2ccccc2-3)c2ccc3c4ccccc4c4c(ccc5oc6ccccc6c54)c3c2)cc1. The summed E-state index contributed by atoms with van der Waals surface area (Å²) in [6, 6.07) is 53.8. The minimum atomic E-state index is -0.119. The molecule has 1 aromatic heterocycles. The van der Waals surface area contributed by atoms with Gasteiger partial charge in [0.1, 0.15) is 11.2 Å². The van der Waals surface area contributed by atoms with Gasteiger partial charge in [0.25, 0.3) is 0 Å². The summed E-state index contributed by atoms with van der Waals surface area (Å²) in [7, 11) is 0. The lowest BCUT2D eigenvalue weighted by molar-refractivity contribution is 0.660. The van der Waals surface area contributed by atoms with Crippen molar-refractivity contribution in [3.8, 4) is 11.1 Å². The molecule has 0 unspecified atom stereocenters. The number of furan rings is 1. The minimum Gasteiger partial charge on any atom is -0.456 e. The molecule has 2 heteroatoms. The van der Waals surface area contributed by atoms with Crippen LogP contribution in [0.1, 0.15) is 43.9 Å². The third-order valence-corrected chi connectivity index (χ3v) is 12.4. The Morgan fingerprint density at radius 2 is 1.23 bits per heavy atom. The van der Waals surface area contributed by atoms with Crippen LogP contribution in [0, 0.1) is 0 Å². The molecule has 0 aliphatic heterocycles. The van der Waals surface area contributed by atoms with Gasteiger partial charge in [0.2, 0.25) is 0 Å². The predicted octanol–water partition coefficient (Wildman–Crippen LogP) is 15.7. The second kappa shape index (κ2) is 12.8. The summed E-state index contributed by atoms with van der Waals surface area (Å²) >= 11 is 0. The van der Waals surface area contributed by atoms with Gasteiger partial charge in [-0.2, -0.15) is 0 Å². The van der Waals surface area contributed by atoms with E-state index in [1.165, 1.54) is 76.7 Å². The number of rotatable bonds is 5. The van der Waals surface area contributed by atoms with Crippen LogP contribution in [0.2, 0.25) is 0 Å². The summed E-state index contributed by atoms with van der Waals surface area (Å²) in [6.07, 6.45) is 14.1. The first-order chi connectivity index (χ1) is 28.0. The normalized spacial score (nSPS) is 15.4. The van der Waals surface area contributed by atoms with Gasteiger partial charge in [0.05, 0.1) is 0 Å². The van der Waals surface area contributed by atoms with Crippen molar-refractivity contribution < 1.29 is 4.42 Å². The van der Waals surface area contributed by atoms with Gasteiger partial charge in [-0.05, 0) is 134 Å². The van der Waals surface area contributed by atoms with Crippen LogP contribution >= 0.6 is 0 Å². The van der Waals surface area contributed by atoms with Crippen LogP contribution in [-0.2, 0) is 5.41 Å². The lowest BCUT2D eigenvalue weighted by atomic mass is 9.82. The van der Waals surface area contributed by atoms with Crippen LogP contribution in [0.25, 0.3) is 71.0 Å². The van der Waals surface area contributed by atoms with E-state index < -0.39 is 0 Å². The van der Waals surface area contributed by atoms with Crippen molar-refractivity contribution in [1.82, 2.24) is 0 Å². The summed E-state index contributed by atoms with van der Waals surface area (Å²) < 4.78 is 6.43. The maximum atomic E-state index is 6.43. The standard InChI is InChI=1S/C55H41NO/c1-4-36(32-35-14-6-5-7-15-35)37-22-24-38(25-23-37)56(40-27-29-44-43-17-10-12-20-49(43)55(2,3)50(44)34-40)39-26-28-42-41-16-8-9-18-45(41)53-46(48(42)33-39)30-31-52-54(53)47-19-11-13-21-51(47)57-52/h4-14,16-34H,15H2,1-3H3/b35-32-,36-4+. The second-order valence-corrected chi connectivity index (χ2v) is 16.0. The molecule has 0 atom stereocenters. The molecule has 1 heterocycles. The highest BCUT2D eigenvalue weighted by atomic mass is 16.3. The van der Waals surface area contributed by atoms with Crippen LogP contribution in [0.5, 0.6) is 0 Å². The van der Waals surface area contributed by atoms with Gasteiger partial charge in [-0.25, -0.2) is 0 Å². The Kier molecular flexibility index (Phi) is 7.53. The van der Waals surface area contributed by atoms with E-state index >= 15 is 0 Å². The van der Waals surface area contributed by atoms with E-state index in [1.807, 2.05) is 0 Å². The molecular formula is C55H41NO. The smallest absolute Gasteiger partial charge is 0.136 e. The molecule has 272 valence electrons. The third kappa shape index (κ3) is 5.17. The van der Waals surface area contributed by atoms with Crippen LogP contribution in [0.3, 0.4) is 0 Å². The summed E-state index contributed by atoms with van der Waals surface area (Å²) in [5.74, 6) is 0. The average Bonchev–Trinajstić information content (AvgIpc) is 3.75. The molecule has 11 rings (SSSR count). The van der Waals surface area contributed by atoms with Crippen molar-refractivity contribution in [2.45, 2.75) is 32.6 Å². The molecule has 0 spiro atoms. The monoisotopic (exact) mass is 731 g/mol. The quantitative estimate of drug-likeness (QED) is 0.164. The Labute approximate surface area is 333 Å². The first-order valence-corrected chi connectivity index (χ1v) is 20.0. The number of para-hydroxylation sites is 1. The number of fused-ring (bicyclic) bond motifs is 13. The van der Waals surface area contributed by atoms with Crippen LogP contribution in [0.15, 0.2) is 192 Å². The molecule has 2 aliphatic carbocycles. The maximum Gasteiger partial charge on any atom is 0.136 e. The molecule has 57 heavy (non-hydrogen) atoms. The van der Waals surface area contributed by atoms with E-state index in [9.17, 15) is 0 Å². The van der Waals surface area contributed by atoms with Crippen molar-refractivity contribution in [1.29, 1.82) is 0 Å². The van der Waals surface area contributed by atoms with Crippen molar-refractivity contribution in [2.75, 3.05) is 4.90 Å². The number of allylic oxidation sites excluding steroid dienone is 8. The number of anilines is 3. The lowest BCUT2D eigenvalue weighted by Gasteiger charge is -2.29. The zero-order chi connectivity index (χ0) is 38.3. The van der Waals surface area contributed by atoms with Crippen LogP contribution in [0.4, 0.5) is 17.1 Å². The number of hydrogen-bond donors (Lipinski definition) is 0. The fraction of sp³-hybridized carbons (Fsp3) is 0.0909. The molecule has 0 bridgehead atoms. The molecule has 9 aromatic rings. The number of benzene rings is 8. The van der Waals surface area contributed by atoms with Crippen LogP contribution < -0.4 is 4.90 Å². The van der Waals surface area contributed by atoms with E-state index in [-0.39, 0.29) is 5.41 Å². The zero-order valence-corrected chi connectivity index (χ0v) is 32.4. The Balaban J connectivity index is 1.14. The highest BCUT2D eigenvalue weighted by Crippen LogP contribution is 2.51. The average molecular weight is 732 g/mol. The lowest BCUT2D eigenvalue weighted by Crippen LogP contribution is -2.16. The van der Waals surface area contributed by atoms with E-state index in [4.69, 9.17) is 4.42 Å². The topological polar surface area (TPSA) is 16.4 Å². The van der Waals surface area contributed by atoms with E-state index in [0.717, 1.165) is 40.0 Å². The van der Waals surface area contributed by atoms with Crippen molar-refractivity contribution >= 4 is 76.9 Å². The van der Waals surface area contributed by atoms with E-state index in [1.54, 1.807) is 0 Å². The largest absolute Gasteiger partial charge is 0.456 e. The first-order valence-electron chi connectivity index (χ1n) is 20.0. The molecule has 2 nitrogen and oxygen atoms in total. The fourth-order valence-corrected chi connectivity index (χ4v) is 9.64. The highest BCUT2D eigenvalue weighted by Gasteiger charge is 2.35. The predicted molar refractivity (Wildman–Crippen MR) is 243 cm³/mol. The summed E-state index contributed by atoms with van der Waals surface area (Å²) in [5.41, 5.74) is 14.2.